The fourth-order valence-corrected chi connectivity index (χ4v) is 4.84. The molecule has 2 heterocycles. The monoisotopic (exact) mass is 570 g/mol. The molecule has 2 nitrogen and oxygen atoms in total. The summed E-state index contributed by atoms with van der Waals surface area (Å²) < 4.78 is 2.35. The van der Waals surface area contributed by atoms with E-state index in [-0.39, 0.29) is 20.1 Å². The van der Waals surface area contributed by atoms with Crippen LogP contribution in [0.1, 0.15) is 33.5 Å². The zero-order valence-corrected chi connectivity index (χ0v) is 20.7. The molecule has 0 fully saturated rings. The van der Waals surface area contributed by atoms with E-state index in [1.165, 1.54) is 55.4 Å². The van der Waals surface area contributed by atoms with Crippen molar-refractivity contribution in [2.24, 2.45) is 0 Å². The van der Waals surface area contributed by atoms with Crippen molar-refractivity contribution >= 4 is 27.3 Å². The summed E-state index contributed by atoms with van der Waals surface area (Å²) >= 11 is 0. The van der Waals surface area contributed by atoms with E-state index < -0.39 is 0 Å². The summed E-state index contributed by atoms with van der Waals surface area (Å²) in [4.78, 5) is 5.06. The average Bonchev–Trinajstić information content (AvgIpc) is 2.98. The van der Waals surface area contributed by atoms with Crippen LogP contribution < -0.4 is 0 Å². The Labute approximate surface area is 191 Å². The van der Waals surface area contributed by atoms with E-state index in [0.717, 1.165) is 16.7 Å². The third-order valence-corrected chi connectivity index (χ3v) is 5.96. The van der Waals surface area contributed by atoms with E-state index in [1.54, 1.807) is 0 Å². The number of aryl methyl sites for hydroxylation is 6. The molecule has 0 unspecified atom stereocenters. The Morgan fingerprint density at radius 3 is 2.13 bits per heavy atom. The van der Waals surface area contributed by atoms with E-state index in [1.807, 2.05) is 0 Å². The summed E-state index contributed by atoms with van der Waals surface area (Å²) in [5.41, 5.74) is 12.1. The second-order valence-corrected chi connectivity index (χ2v) is 8.46. The van der Waals surface area contributed by atoms with Crippen LogP contribution in [0.3, 0.4) is 0 Å². The van der Waals surface area contributed by atoms with E-state index in [9.17, 15) is 0 Å². The van der Waals surface area contributed by atoms with Gasteiger partial charge in [0.15, 0.2) is 0 Å². The van der Waals surface area contributed by atoms with Crippen molar-refractivity contribution in [3.8, 4) is 11.3 Å². The largest absolute Gasteiger partial charge is 0.333 e. The zero-order valence-electron chi connectivity index (χ0n) is 18.3. The summed E-state index contributed by atoms with van der Waals surface area (Å²) in [6, 6.07) is 19.1. The number of aromatic nitrogens is 2. The first-order chi connectivity index (χ1) is 13.8. The molecule has 2 aromatic heterocycles. The van der Waals surface area contributed by atoms with Gasteiger partial charge in [-0.15, -0.1) is 29.1 Å². The van der Waals surface area contributed by atoms with Crippen LogP contribution in [0, 0.1) is 47.6 Å². The molecule has 0 aliphatic rings. The number of nitrogens with zero attached hydrogens (tertiary/aromatic N) is 2. The number of hydrogen-bond acceptors (Lipinski definition) is 1. The van der Waals surface area contributed by atoms with Crippen LogP contribution in [0.4, 0.5) is 0 Å². The summed E-state index contributed by atoms with van der Waals surface area (Å²) in [6.45, 7) is 13.0. The maximum absolute atomic E-state index is 5.06. The van der Waals surface area contributed by atoms with Crippen molar-refractivity contribution in [2.45, 2.75) is 41.5 Å². The molecule has 153 valence electrons. The van der Waals surface area contributed by atoms with Crippen LogP contribution in [-0.4, -0.2) is 9.38 Å². The minimum absolute atomic E-state index is 0. The molecule has 0 bridgehead atoms. The fourth-order valence-electron chi connectivity index (χ4n) is 4.84. The molecule has 5 aromatic rings. The molecule has 30 heavy (non-hydrogen) atoms. The smallest absolute Gasteiger partial charge is 0.0669 e. The molecule has 0 spiro atoms. The first-order valence-electron chi connectivity index (χ1n) is 10.2. The molecule has 1 radical (unpaired) electrons. The predicted octanol–water partition coefficient (Wildman–Crippen LogP) is 6.96. The normalized spacial score (nSPS) is 11.4. The summed E-state index contributed by atoms with van der Waals surface area (Å²) in [7, 11) is 0. The zero-order chi connectivity index (χ0) is 20.4. The number of rotatable bonds is 1. The van der Waals surface area contributed by atoms with Gasteiger partial charge in [0.1, 0.15) is 0 Å². The number of pyridine rings is 1. The molecule has 0 amide bonds. The predicted molar refractivity (Wildman–Crippen MR) is 123 cm³/mol. The minimum atomic E-state index is 0. The number of fused-ring (bicyclic) bond motifs is 6. The van der Waals surface area contributed by atoms with E-state index in [4.69, 9.17) is 4.98 Å². The maximum atomic E-state index is 5.06. The molecule has 0 aliphatic carbocycles. The van der Waals surface area contributed by atoms with Crippen molar-refractivity contribution in [3.05, 3.63) is 82.0 Å². The van der Waals surface area contributed by atoms with Crippen LogP contribution in [0.2, 0.25) is 0 Å². The van der Waals surface area contributed by atoms with Gasteiger partial charge in [-0.2, -0.15) is 0 Å². The molecule has 0 saturated heterocycles. The van der Waals surface area contributed by atoms with Crippen LogP contribution >= 0.6 is 0 Å². The van der Waals surface area contributed by atoms with Gasteiger partial charge in [0, 0.05) is 31.2 Å². The Bertz CT molecular complexity index is 1430. The van der Waals surface area contributed by atoms with E-state index in [0.29, 0.717) is 0 Å². The molecule has 0 atom stereocenters. The second-order valence-electron chi connectivity index (χ2n) is 8.46. The molecule has 5 rings (SSSR count). The van der Waals surface area contributed by atoms with Crippen molar-refractivity contribution in [3.63, 3.8) is 0 Å². The molecular weight excluding hydrogens is 545 g/mol. The van der Waals surface area contributed by atoms with Crippen LogP contribution in [0.25, 0.3) is 38.6 Å². The fraction of sp³-hybridized carbons (Fsp3) is 0.222. The molecule has 3 heteroatoms. The summed E-state index contributed by atoms with van der Waals surface area (Å²) in [5.74, 6) is 0. The summed E-state index contributed by atoms with van der Waals surface area (Å²) in [5, 5.41) is 3.57. The SMILES string of the molecule is Cc1cc(C)c(-c2c(C)nc3c4[c-]cc(C)cc4c4cc(C)ccc4n23)c(C)c1.[Ir]. The first-order valence-corrected chi connectivity index (χ1v) is 10.2. The van der Waals surface area contributed by atoms with Gasteiger partial charge in [0.2, 0.25) is 0 Å². The Morgan fingerprint density at radius 1 is 0.767 bits per heavy atom. The molecule has 3 aromatic carbocycles. The number of hydrogen-bond donors (Lipinski definition) is 0. The van der Waals surface area contributed by atoms with Crippen LogP contribution in [-0.2, 0) is 20.1 Å². The third kappa shape index (κ3) is 3.00. The van der Waals surface area contributed by atoms with E-state index in [2.05, 4.69) is 94.5 Å². The Kier molecular flexibility index (Phi) is 5.08. The molecule has 0 N–H and O–H groups in total. The van der Waals surface area contributed by atoms with Gasteiger partial charge in [0.05, 0.1) is 17.0 Å². The van der Waals surface area contributed by atoms with Crippen molar-refractivity contribution in [1.29, 1.82) is 0 Å². The average molecular weight is 570 g/mol. The van der Waals surface area contributed by atoms with Gasteiger partial charge >= 0.3 is 0 Å². The van der Waals surface area contributed by atoms with Crippen molar-refractivity contribution < 1.29 is 20.1 Å². The number of imidazole rings is 1. The van der Waals surface area contributed by atoms with Crippen molar-refractivity contribution in [1.82, 2.24) is 9.38 Å². The van der Waals surface area contributed by atoms with Crippen molar-refractivity contribution in [2.75, 3.05) is 0 Å². The quantitative estimate of drug-likeness (QED) is 0.158. The van der Waals surface area contributed by atoms with Crippen LogP contribution in [0.5, 0.6) is 0 Å². The Morgan fingerprint density at radius 2 is 1.43 bits per heavy atom. The minimum Gasteiger partial charge on any atom is -0.333 e. The van der Waals surface area contributed by atoms with Gasteiger partial charge in [-0.05, 0) is 57.2 Å². The summed E-state index contributed by atoms with van der Waals surface area (Å²) in [6.07, 6.45) is 0. The molecule has 0 saturated carbocycles. The third-order valence-electron chi connectivity index (χ3n) is 5.96. The van der Waals surface area contributed by atoms with Gasteiger partial charge in [-0.3, -0.25) is 4.98 Å². The van der Waals surface area contributed by atoms with Gasteiger partial charge < -0.3 is 4.40 Å². The number of benzene rings is 3. The van der Waals surface area contributed by atoms with E-state index >= 15 is 0 Å². The Hall–Kier alpha value is -2.48. The first kappa shape index (κ1) is 20.8. The van der Waals surface area contributed by atoms with Crippen LogP contribution in [0.15, 0.2) is 42.5 Å². The second kappa shape index (κ2) is 7.34. The molecule has 0 aliphatic heterocycles. The topological polar surface area (TPSA) is 17.3 Å². The Balaban J connectivity index is 0.00000218. The van der Waals surface area contributed by atoms with Gasteiger partial charge in [0.25, 0.3) is 0 Å². The maximum Gasteiger partial charge on any atom is 0.0669 e. The molecular formula is C27H25IrN2-. The standard InChI is InChI=1S/C27H25N2.Ir/c1-15-7-9-21-22(13-15)23-14-16(2)8-10-24(23)29-26(20(6)28-27(21)29)25-18(4)11-17(3)12-19(25)5;/h7-8,10-14H,1-6H3;/q-1;. The van der Waals surface area contributed by atoms with Gasteiger partial charge in [-0.1, -0.05) is 47.7 Å². The van der Waals surface area contributed by atoms with Gasteiger partial charge in [-0.25, -0.2) is 0 Å².